The van der Waals surface area contributed by atoms with Crippen LogP contribution in [0.25, 0.3) is 0 Å². The molecular weight excluding hydrogens is 267 g/mol. The highest BCUT2D eigenvalue weighted by Crippen LogP contribution is 2.36. The van der Waals surface area contributed by atoms with E-state index in [4.69, 9.17) is 31.5 Å². The van der Waals surface area contributed by atoms with Gasteiger partial charge in [-0.2, -0.15) is 0 Å². The first-order chi connectivity index (χ1) is 14.9. The highest BCUT2D eigenvalue weighted by molar-refractivity contribution is 6.60. The SMILES string of the molecule is [2H]c1c(B2OC(C)(C)C(C)(C)O2)oc(N2C([2H])([2H])C([2H])([2H])N(C([2H])([2H])[2H])C([2H])([2H])C2([2H])[2H])c1[2H]. The van der Waals surface area contributed by atoms with Gasteiger partial charge in [-0.1, -0.05) is 0 Å². The van der Waals surface area contributed by atoms with Gasteiger partial charge in [-0.05, 0) is 40.7 Å². The molecule has 3 heterocycles. The van der Waals surface area contributed by atoms with Crippen molar-refractivity contribution in [2.24, 2.45) is 0 Å². The van der Waals surface area contributed by atoms with Crippen LogP contribution >= 0.6 is 0 Å². The predicted octanol–water partition coefficient (Wildman–Crippen LogP) is 1.33. The molecule has 0 spiro atoms. The lowest BCUT2D eigenvalue weighted by atomic mass is 9.86. The number of likely N-dealkylation sites (N-methyl/N-ethyl adjacent to an activating group) is 1. The molecular formula is C15H25BN2O3. The number of furan rings is 1. The molecule has 5 nitrogen and oxygen atoms in total. The molecule has 2 aliphatic heterocycles. The molecule has 0 atom stereocenters. The van der Waals surface area contributed by atoms with Crippen molar-refractivity contribution in [3.63, 3.8) is 0 Å². The lowest BCUT2D eigenvalue weighted by Gasteiger charge is -2.32. The maximum absolute atomic E-state index is 8.33. The van der Waals surface area contributed by atoms with Crippen molar-refractivity contribution in [3.05, 3.63) is 12.1 Å². The van der Waals surface area contributed by atoms with Crippen LogP contribution < -0.4 is 10.6 Å². The quantitative estimate of drug-likeness (QED) is 0.771. The third-order valence-corrected chi connectivity index (χ3v) is 3.72. The molecule has 1 aromatic heterocycles. The van der Waals surface area contributed by atoms with Crippen molar-refractivity contribution in [1.82, 2.24) is 4.90 Å². The minimum Gasteiger partial charge on any atom is -0.449 e. The fourth-order valence-corrected chi connectivity index (χ4v) is 1.79. The van der Waals surface area contributed by atoms with Crippen LogP contribution in [0.5, 0.6) is 0 Å². The number of anilines is 1. The Morgan fingerprint density at radius 3 is 2.33 bits per heavy atom. The molecule has 0 amide bonds. The van der Waals surface area contributed by atoms with E-state index in [0.29, 0.717) is 0 Å². The van der Waals surface area contributed by atoms with Crippen molar-refractivity contribution in [2.75, 3.05) is 37.9 Å². The van der Waals surface area contributed by atoms with E-state index in [1.165, 1.54) is 0 Å². The zero-order valence-electron chi connectivity index (χ0n) is 25.2. The smallest absolute Gasteiger partial charge is 0.449 e. The molecule has 3 rings (SSSR count). The Morgan fingerprint density at radius 1 is 1.14 bits per heavy atom. The van der Waals surface area contributed by atoms with E-state index in [2.05, 4.69) is 0 Å². The van der Waals surface area contributed by atoms with Gasteiger partial charge < -0.3 is 23.5 Å². The molecule has 1 aromatic rings. The Morgan fingerprint density at radius 2 is 1.76 bits per heavy atom. The van der Waals surface area contributed by atoms with Crippen LogP contribution in [-0.2, 0) is 9.31 Å². The summed E-state index contributed by atoms with van der Waals surface area (Å²) in [7, 11) is -1.34. The lowest BCUT2D eigenvalue weighted by Crippen LogP contribution is -2.44. The second-order valence-electron chi connectivity index (χ2n) is 5.73. The summed E-state index contributed by atoms with van der Waals surface area (Å²) in [5.74, 6) is -1.01. The van der Waals surface area contributed by atoms with Gasteiger partial charge >= 0.3 is 7.12 Å². The second kappa shape index (κ2) is 5.04. The van der Waals surface area contributed by atoms with Gasteiger partial charge in [0.2, 0.25) is 0 Å². The molecule has 0 bridgehead atoms. The molecule has 2 aliphatic rings. The number of nitrogens with zero attached hydrogens (tertiary/aromatic N) is 2. The first kappa shape index (κ1) is 5.91. The summed E-state index contributed by atoms with van der Waals surface area (Å²) in [6.45, 7) is -11.2. The summed E-state index contributed by atoms with van der Waals surface area (Å²) in [6.07, 6.45) is 0. The number of hydrogen-bond acceptors (Lipinski definition) is 5. The van der Waals surface area contributed by atoms with Crippen molar-refractivity contribution < 1.29 is 31.5 Å². The molecule has 2 saturated heterocycles. The van der Waals surface area contributed by atoms with Crippen LogP contribution in [0.4, 0.5) is 5.88 Å². The topological polar surface area (TPSA) is 38.1 Å². The van der Waals surface area contributed by atoms with E-state index in [0.717, 1.165) is 0 Å². The molecule has 2 fully saturated rings. The number of piperazine rings is 1. The van der Waals surface area contributed by atoms with Crippen LogP contribution in [-0.4, -0.2) is 56.2 Å². The Balaban J connectivity index is 2.22. The Hall–Kier alpha value is -0.975. The molecule has 6 heteroatoms. The Bertz CT molecular complexity index is 947. The largest absolute Gasteiger partial charge is 0.532 e. The fourth-order valence-electron chi connectivity index (χ4n) is 1.79. The summed E-state index contributed by atoms with van der Waals surface area (Å²) >= 11 is 0. The average molecular weight is 305 g/mol. The maximum Gasteiger partial charge on any atom is 0.532 e. The highest BCUT2D eigenvalue weighted by atomic mass is 16.7. The van der Waals surface area contributed by atoms with E-state index >= 15 is 0 Å². The van der Waals surface area contributed by atoms with Crippen molar-refractivity contribution in [2.45, 2.75) is 38.9 Å². The van der Waals surface area contributed by atoms with E-state index in [-0.39, 0.29) is 4.90 Å². The van der Waals surface area contributed by atoms with Gasteiger partial charge in [-0.3, -0.25) is 0 Å². The van der Waals surface area contributed by atoms with Crippen molar-refractivity contribution >= 4 is 18.7 Å². The molecule has 0 radical (unpaired) electrons. The summed E-state index contributed by atoms with van der Waals surface area (Å²) in [6, 6.07) is -1.55. The summed E-state index contributed by atoms with van der Waals surface area (Å²) in [4.78, 5) is -0.579. The van der Waals surface area contributed by atoms with Crippen LogP contribution in [0.2, 0.25) is 0 Å². The van der Waals surface area contributed by atoms with Crippen LogP contribution in [0.15, 0.2) is 16.5 Å². The standard InChI is InChI=1S/C15H25BN2O3/c1-14(2)15(3,4)21-16(20-14)12-6-7-13(19-12)18-10-8-17(5)9-11-18/h6-7H,8-11H2,1-5H3/i5D3,6D,7D,8D2,9D2,10D2,11D2. The molecule has 0 unspecified atom stereocenters. The third-order valence-electron chi connectivity index (χ3n) is 3.72. The summed E-state index contributed by atoms with van der Waals surface area (Å²) in [5.41, 5.74) is -2.20. The number of rotatable bonds is 2. The van der Waals surface area contributed by atoms with Gasteiger partial charge in [0.15, 0.2) is 5.88 Å². The first-order valence-electron chi connectivity index (χ1n) is 12.9. The van der Waals surface area contributed by atoms with Crippen molar-refractivity contribution in [3.8, 4) is 0 Å². The van der Waals surface area contributed by atoms with Gasteiger partial charge in [0.25, 0.3) is 0 Å². The second-order valence-corrected chi connectivity index (χ2v) is 5.73. The van der Waals surface area contributed by atoms with Crippen molar-refractivity contribution in [1.29, 1.82) is 0 Å². The number of hydrogen-bond donors (Lipinski definition) is 0. The van der Waals surface area contributed by atoms with Crippen LogP contribution in [0, 0.1) is 0 Å². The molecule has 21 heavy (non-hydrogen) atoms. The summed E-state index contributed by atoms with van der Waals surface area (Å²) < 4.78 is 122. The Kier molecular flexibility index (Phi) is 1.42. The molecule has 0 aliphatic carbocycles. The van der Waals surface area contributed by atoms with Gasteiger partial charge in [0.1, 0.15) is 5.66 Å². The van der Waals surface area contributed by atoms with E-state index in [1.807, 2.05) is 0 Å². The molecule has 0 aromatic carbocycles. The summed E-state index contributed by atoms with van der Waals surface area (Å²) in [5, 5.41) is 0. The monoisotopic (exact) mass is 305 g/mol. The van der Waals surface area contributed by atoms with Gasteiger partial charge in [0, 0.05) is 41.6 Å². The van der Waals surface area contributed by atoms with E-state index < -0.39 is 79.8 Å². The molecule has 116 valence electrons. The van der Waals surface area contributed by atoms with Gasteiger partial charge in [0.05, 0.1) is 19.4 Å². The van der Waals surface area contributed by atoms with Gasteiger partial charge in [-0.15, -0.1) is 0 Å². The van der Waals surface area contributed by atoms with E-state index in [9.17, 15) is 0 Å². The maximum atomic E-state index is 8.33. The van der Waals surface area contributed by atoms with Gasteiger partial charge in [-0.25, -0.2) is 0 Å². The Labute approximate surface area is 145 Å². The minimum absolute atomic E-state index is 0.0999. The highest BCUT2D eigenvalue weighted by Gasteiger charge is 2.53. The zero-order valence-corrected chi connectivity index (χ0v) is 12.2. The first-order valence-corrected chi connectivity index (χ1v) is 6.42. The molecule has 0 saturated carbocycles. The van der Waals surface area contributed by atoms with Crippen LogP contribution in [0.1, 0.15) is 45.5 Å². The minimum atomic E-state index is -3.64. The lowest BCUT2D eigenvalue weighted by molar-refractivity contribution is 0.00578. The fraction of sp³-hybridized carbons (Fsp3) is 0.733. The normalized spacial score (nSPS) is 44.9. The third kappa shape index (κ3) is 2.72. The molecule has 0 N–H and O–H groups in total. The van der Waals surface area contributed by atoms with Crippen LogP contribution in [0.3, 0.4) is 0 Å². The predicted molar refractivity (Wildman–Crippen MR) is 84.1 cm³/mol. The zero-order chi connectivity index (χ0) is 26.7. The average Bonchev–Trinajstić information content (AvgIpc) is 2.97. The van der Waals surface area contributed by atoms with E-state index in [1.54, 1.807) is 27.7 Å².